The Labute approximate surface area is 255 Å². The van der Waals surface area contributed by atoms with E-state index in [4.69, 9.17) is 5.11 Å². The molecule has 10 nitrogen and oxygen atoms in total. The van der Waals surface area contributed by atoms with Crippen molar-refractivity contribution in [3.05, 3.63) is 0 Å². The topological polar surface area (TPSA) is 149 Å². The summed E-state index contributed by atoms with van der Waals surface area (Å²) >= 11 is 1.86. The number of carboxylic acid groups (broad SMARTS) is 1. The van der Waals surface area contributed by atoms with Gasteiger partial charge in [0.25, 0.3) is 0 Å². The Morgan fingerprint density at radius 1 is 0.927 bits per heavy atom. The van der Waals surface area contributed by atoms with Crippen LogP contribution in [0.5, 0.6) is 0 Å². The highest BCUT2D eigenvalue weighted by Gasteiger charge is 2.28. The van der Waals surface area contributed by atoms with Gasteiger partial charge in [-0.05, 0) is 76.1 Å². The molecule has 1 fully saturated rings. The van der Waals surface area contributed by atoms with Gasteiger partial charge in [-0.1, -0.05) is 61.8 Å². The van der Waals surface area contributed by atoms with Gasteiger partial charge in [0.15, 0.2) is 0 Å². The van der Waals surface area contributed by atoms with Crippen LogP contribution < -0.4 is 26.6 Å². The molecule has 41 heavy (non-hydrogen) atoms. The number of thioether (sulfide) groups is 1. The molecular weight excluding hydrogens is 542 g/mol. The maximum Gasteiger partial charge on any atom is 0.322 e. The lowest BCUT2D eigenvalue weighted by Gasteiger charge is -2.28. The van der Waals surface area contributed by atoms with Gasteiger partial charge in [0, 0.05) is 12.0 Å². The van der Waals surface area contributed by atoms with E-state index in [0.717, 1.165) is 38.8 Å². The first-order valence-electron chi connectivity index (χ1n) is 15.4. The van der Waals surface area contributed by atoms with Crippen LogP contribution in [0.3, 0.4) is 0 Å². The van der Waals surface area contributed by atoms with Crippen molar-refractivity contribution in [2.24, 2.45) is 17.8 Å². The number of carbonyl (C=O) groups excluding carboxylic acids is 3. The predicted molar refractivity (Wildman–Crippen MR) is 173 cm³/mol. The Bertz CT molecular complexity index is 666. The van der Waals surface area contributed by atoms with E-state index in [9.17, 15) is 19.2 Å². The lowest BCUT2D eigenvalue weighted by Crippen LogP contribution is -2.52. The van der Waals surface area contributed by atoms with E-state index in [1.54, 1.807) is 13.8 Å². The van der Waals surface area contributed by atoms with Crippen molar-refractivity contribution in [1.82, 2.24) is 26.6 Å². The standard InChI is InChI=1S/C20H36N4O5.C5H13N.C3H8S.C2H6/c1-12(2)18(20(29)23-11-17(26)27)24-16(25)10-22-19(28)15-7-5-14(6-8-15)9-21-13(3)4;1-3-4-5-6-2;1-3-4-2;1-2/h12-15,18,21H,5-11H2,1-4H3,(H,22,28)(H,23,29)(H,24,25)(H,26,27);6H,3-5H2,1-2H3;3H2,1-2H3;1-2H3. The zero-order chi connectivity index (χ0) is 32.2. The second kappa shape index (κ2) is 29.6. The minimum Gasteiger partial charge on any atom is -0.480 e. The van der Waals surface area contributed by atoms with Crippen molar-refractivity contribution < 1.29 is 24.3 Å². The number of hydrogen-bond donors (Lipinski definition) is 6. The van der Waals surface area contributed by atoms with E-state index >= 15 is 0 Å². The Morgan fingerprint density at radius 3 is 1.88 bits per heavy atom. The molecule has 0 spiro atoms. The molecule has 0 heterocycles. The molecule has 11 heteroatoms. The van der Waals surface area contributed by atoms with Crippen LogP contribution >= 0.6 is 11.8 Å². The molecule has 1 saturated carbocycles. The zero-order valence-corrected chi connectivity index (χ0v) is 28.5. The Balaban J connectivity index is -0.00000101. The summed E-state index contributed by atoms with van der Waals surface area (Å²) in [6, 6.07) is -0.405. The number of hydrogen-bond acceptors (Lipinski definition) is 7. The van der Waals surface area contributed by atoms with Crippen LogP contribution in [0.25, 0.3) is 0 Å². The van der Waals surface area contributed by atoms with Crippen molar-refractivity contribution >= 4 is 35.5 Å². The summed E-state index contributed by atoms with van der Waals surface area (Å²) in [5.41, 5.74) is 0. The summed E-state index contributed by atoms with van der Waals surface area (Å²) in [6.45, 7) is 17.5. The summed E-state index contributed by atoms with van der Waals surface area (Å²) < 4.78 is 0. The highest BCUT2D eigenvalue weighted by atomic mass is 32.2. The molecule has 244 valence electrons. The summed E-state index contributed by atoms with van der Waals surface area (Å²) in [5.74, 6) is -0.814. The van der Waals surface area contributed by atoms with Gasteiger partial charge in [-0.2, -0.15) is 11.8 Å². The average molecular weight is 606 g/mol. The Morgan fingerprint density at radius 2 is 1.49 bits per heavy atom. The predicted octanol–water partition coefficient (Wildman–Crippen LogP) is 3.65. The summed E-state index contributed by atoms with van der Waals surface area (Å²) in [4.78, 5) is 47.1. The van der Waals surface area contributed by atoms with Gasteiger partial charge < -0.3 is 31.7 Å². The minimum absolute atomic E-state index is 0.0853. The van der Waals surface area contributed by atoms with Gasteiger partial charge in [0.2, 0.25) is 17.7 Å². The first kappa shape index (κ1) is 43.6. The fraction of sp³-hybridized carbons (Fsp3) is 0.867. The van der Waals surface area contributed by atoms with Crippen LogP contribution in [0.15, 0.2) is 0 Å². The van der Waals surface area contributed by atoms with Crippen molar-refractivity contribution in [2.75, 3.05) is 45.2 Å². The summed E-state index contributed by atoms with van der Waals surface area (Å²) in [6.07, 6.45) is 8.29. The van der Waals surface area contributed by atoms with E-state index < -0.39 is 30.4 Å². The molecule has 0 aromatic rings. The van der Waals surface area contributed by atoms with Gasteiger partial charge in [-0.3, -0.25) is 19.2 Å². The monoisotopic (exact) mass is 605 g/mol. The molecule has 0 aromatic carbocycles. The molecule has 0 aromatic heterocycles. The van der Waals surface area contributed by atoms with Crippen molar-refractivity contribution in [3.8, 4) is 0 Å². The fourth-order valence-electron chi connectivity index (χ4n) is 3.73. The van der Waals surface area contributed by atoms with E-state index in [1.165, 1.54) is 18.6 Å². The van der Waals surface area contributed by atoms with Crippen LogP contribution in [0.4, 0.5) is 0 Å². The SMILES string of the molecule is CC.CC(C)NCC1CCC(C(=O)NCC(=O)NC(C(=O)NCC(=O)O)C(C)C)CC1.CCCCNC.CCSC. The van der Waals surface area contributed by atoms with Gasteiger partial charge in [0.05, 0.1) is 6.54 Å². The highest BCUT2D eigenvalue weighted by molar-refractivity contribution is 7.98. The van der Waals surface area contributed by atoms with Crippen LogP contribution in [0.2, 0.25) is 0 Å². The number of aliphatic carboxylic acids is 1. The molecule has 0 radical (unpaired) electrons. The smallest absolute Gasteiger partial charge is 0.322 e. The first-order chi connectivity index (χ1) is 19.4. The maximum atomic E-state index is 12.4. The largest absolute Gasteiger partial charge is 0.480 e. The molecule has 1 unspecified atom stereocenters. The molecule has 0 saturated heterocycles. The molecule has 1 rings (SSSR count). The number of carbonyl (C=O) groups is 4. The highest BCUT2D eigenvalue weighted by Crippen LogP contribution is 2.28. The summed E-state index contributed by atoms with van der Waals surface area (Å²) in [7, 11) is 1.98. The molecular formula is C30H63N5O5S. The molecule has 3 amide bonds. The number of carboxylic acids is 1. The van der Waals surface area contributed by atoms with Gasteiger partial charge in [-0.15, -0.1) is 0 Å². The molecule has 1 atom stereocenters. The lowest BCUT2D eigenvalue weighted by atomic mass is 9.81. The third-order valence-electron chi connectivity index (χ3n) is 6.20. The second-order valence-corrected chi connectivity index (χ2v) is 11.6. The van der Waals surface area contributed by atoms with Crippen LogP contribution in [0, 0.1) is 17.8 Å². The van der Waals surface area contributed by atoms with Gasteiger partial charge >= 0.3 is 5.97 Å². The van der Waals surface area contributed by atoms with Crippen molar-refractivity contribution in [2.45, 2.75) is 106 Å². The number of rotatable bonds is 15. The minimum atomic E-state index is -1.16. The Hall–Kier alpha value is -1.85. The number of unbranched alkanes of at least 4 members (excludes halogenated alkanes) is 1. The van der Waals surface area contributed by atoms with E-state index in [2.05, 4.69) is 60.5 Å². The first-order valence-corrected chi connectivity index (χ1v) is 16.8. The average Bonchev–Trinajstić information content (AvgIpc) is 2.96. The molecule has 1 aliphatic rings. The maximum absolute atomic E-state index is 12.4. The van der Waals surface area contributed by atoms with E-state index in [0.29, 0.717) is 12.0 Å². The Kier molecular flexibility index (Phi) is 31.5. The normalized spacial score (nSPS) is 16.5. The molecule has 0 bridgehead atoms. The van der Waals surface area contributed by atoms with Crippen molar-refractivity contribution in [1.29, 1.82) is 0 Å². The quantitative estimate of drug-likeness (QED) is 0.155. The zero-order valence-electron chi connectivity index (χ0n) is 27.7. The van der Waals surface area contributed by atoms with Gasteiger partial charge in [-0.25, -0.2) is 0 Å². The molecule has 1 aliphatic carbocycles. The van der Waals surface area contributed by atoms with Crippen LogP contribution in [-0.4, -0.2) is 86.1 Å². The third-order valence-corrected chi connectivity index (χ3v) is 6.78. The number of nitrogens with one attached hydrogen (secondary N) is 5. The lowest BCUT2D eigenvalue weighted by molar-refractivity contribution is -0.138. The molecule has 6 N–H and O–H groups in total. The van der Waals surface area contributed by atoms with E-state index in [1.807, 2.05) is 32.7 Å². The number of amides is 3. The fourth-order valence-corrected chi connectivity index (χ4v) is 3.73. The third kappa shape index (κ3) is 26.8. The summed E-state index contributed by atoms with van der Waals surface area (Å²) in [5, 5.41) is 22.6. The van der Waals surface area contributed by atoms with Gasteiger partial charge in [0.1, 0.15) is 12.6 Å². The second-order valence-electron chi connectivity index (χ2n) is 10.4. The van der Waals surface area contributed by atoms with Crippen LogP contribution in [-0.2, 0) is 19.2 Å². The van der Waals surface area contributed by atoms with E-state index in [-0.39, 0.29) is 24.3 Å². The molecule has 0 aliphatic heterocycles. The van der Waals surface area contributed by atoms with Crippen LogP contribution in [0.1, 0.15) is 93.9 Å². The van der Waals surface area contributed by atoms with Crippen molar-refractivity contribution in [3.63, 3.8) is 0 Å².